The highest BCUT2D eigenvalue weighted by Gasteiger charge is 2.18. The Morgan fingerprint density at radius 3 is 2.55 bits per heavy atom. The van der Waals surface area contributed by atoms with Crippen molar-refractivity contribution in [1.82, 2.24) is 0 Å². The number of hydrogen-bond acceptors (Lipinski definition) is 2. The molecule has 4 heteroatoms. The van der Waals surface area contributed by atoms with E-state index in [-0.39, 0.29) is 11.7 Å². The van der Waals surface area contributed by atoms with Gasteiger partial charge in [-0.2, -0.15) is 0 Å². The zero-order valence-electron chi connectivity index (χ0n) is 12.4. The molecule has 1 amide bonds. The number of benzene rings is 1. The lowest BCUT2D eigenvalue weighted by molar-refractivity contribution is -0.118. The number of halogens is 1. The van der Waals surface area contributed by atoms with Gasteiger partial charge in [0.2, 0.25) is 5.91 Å². The van der Waals surface area contributed by atoms with Crippen molar-refractivity contribution < 1.29 is 9.18 Å². The Balaban J connectivity index is 2.66. The van der Waals surface area contributed by atoms with Gasteiger partial charge in [-0.05, 0) is 44.4 Å². The van der Waals surface area contributed by atoms with Crippen LogP contribution in [0.15, 0.2) is 24.3 Å². The molecule has 3 nitrogen and oxygen atoms in total. The topological polar surface area (TPSA) is 46.3 Å². The van der Waals surface area contributed by atoms with Gasteiger partial charge in [-0.1, -0.05) is 25.5 Å². The molecule has 0 fully saturated rings. The second-order valence-electron chi connectivity index (χ2n) is 4.98. The summed E-state index contributed by atoms with van der Waals surface area (Å²) in [5.74, 6) is 0.105. The van der Waals surface area contributed by atoms with Crippen molar-refractivity contribution in [3.63, 3.8) is 0 Å². The van der Waals surface area contributed by atoms with Crippen molar-refractivity contribution in [2.75, 3.05) is 18.0 Å². The quantitative estimate of drug-likeness (QED) is 0.794. The van der Waals surface area contributed by atoms with Crippen molar-refractivity contribution in [2.45, 2.75) is 39.5 Å². The van der Waals surface area contributed by atoms with Gasteiger partial charge < -0.3 is 10.6 Å². The van der Waals surface area contributed by atoms with E-state index in [4.69, 9.17) is 5.73 Å². The first-order valence-electron chi connectivity index (χ1n) is 7.38. The summed E-state index contributed by atoms with van der Waals surface area (Å²) < 4.78 is 13.8. The highest BCUT2D eigenvalue weighted by atomic mass is 19.1. The molecule has 0 radical (unpaired) electrons. The molecule has 1 atom stereocenters. The second kappa shape index (κ2) is 8.69. The van der Waals surface area contributed by atoms with Gasteiger partial charge in [-0.3, -0.25) is 4.79 Å². The molecule has 0 aromatic heterocycles. The van der Waals surface area contributed by atoms with Gasteiger partial charge in [-0.15, -0.1) is 0 Å². The molecule has 0 saturated carbocycles. The summed E-state index contributed by atoms with van der Waals surface area (Å²) in [5.41, 5.74) is 5.93. The third-order valence-corrected chi connectivity index (χ3v) is 3.68. The van der Waals surface area contributed by atoms with Crippen LogP contribution in [-0.4, -0.2) is 19.0 Å². The van der Waals surface area contributed by atoms with Crippen molar-refractivity contribution in [2.24, 2.45) is 11.7 Å². The zero-order chi connectivity index (χ0) is 15.0. The Morgan fingerprint density at radius 2 is 2.00 bits per heavy atom. The Morgan fingerprint density at radius 1 is 1.30 bits per heavy atom. The number of hydrogen-bond donors (Lipinski definition) is 1. The van der Waals surface area contributed by atoms with Gasteiger partial charge >= 0.3 is 0 Å². The van der Waals surface area contributed by atoms with Crippen LogP contribution in [0.3, 0.4) is 0 Å². The maximum atomic E-state index is 13.8. The predicted octanol–water partition coefficient (Wildman–Crippen LogP) is 3.33. The van der Waals surface area contributed by atoms with Crippen LogP contribution < -0.4 is 10.6 Å². The number of para-hydroxylation sites is 1. The Hall–Kier alpha value is -1.42. The van der Waals surface area contributed by atoms with E-state index in [0.717, 1.165) is 19.3 Å². The number of rotatable bonds is 8. The first-order chi connectivity index (χ1) is 9.63. The van der Waals surface area contributed by atoms with E-state index < -0.39 is 0 Å². The fourth-order valence-electron chi connectivity index (χ4n) is 2.40. The molecule has 0 aliphatic heterocycles. The monoisotopic (exact) mass is 280 g/mol. The number of nitrogens with two attached hydrogens (primary N) is 1. The first kappa shape index (κ1) is 16.6. The molecule has 2 N–H and O–H groups in total. The van der Waals surface area contributed by atoms with E-state index in [0.29, 0.717) is 31.1 Å². The van der Waals surface area contributed by atoms with Gasteiger partial charge in [0.05, 0.1) is 5.69 Å². The van der Waals surface area contributed by atoms with Crippen LogP contribution in [-0.2, 0) is 4.79 Å². The minimum atomic E-state index is -0.350. The first-order valence-corrected chi connectivity index (χ1v) is 7.38. The van der Waals surface area contributed by atoms with Crippen molar-refractivity contribution in [3.05, 3.63) is 30.1 Å². The Bertz CT molecular complexity index is 423. The zero-order valence-corrected chi connectivity index (χ0v) is 12.4. The lowest BCUT2D eigenvalue weighted by Gasteiger charge is -2.22. The van der Waals surface area contributed by atoms with Crippen LogP contribution in [0.5, 0.6) is 0 Å². The van der Waals surface area contributed by atoms with Crippen LogP contribution in [0, 0.1) is 11.7 Å². The molecular formula is C16H25FN2O. The van der Waals surface area contributed by atoms with E-state index in [1.807, 2.05) is 6.92 Å². The fourth-order valence-corrected chi connectivity index (χ4v) is 2.40. The molecule has 1 rings (SSSR count). The lowest BCUT2D eigenvalue weighted by Crippen LogP contribution is -2.31. The fraction of sp³-hybridized carbons (Fsp3) is 0.562. The second-order valence-corrected chi connectivity index (χ2v) is 4.98. The number of amides is 1. The summed E-state index contributed by atoms with van der Waals surface area (Å²) in [6.45, 7) is 5.10. The Labute approximate surface area is 121 Å². The van der Waals surface area contributed by atoms with Gasteiger partial charge in [0.15, 0.2) is 0 Å². The predicted molar refractivity (Wildman–Crippen MR) is 81.1 cm³/mol. The molecule has 1 aromatic rings. The van der Waals surface area contributed by atoms with Crippen molar-refractivity contribution in [3.8, 4) is 0 Å². The van der Waals surface area contributed by atoms with Crippen LogP contribution in [0.2, 0.25) is 0 Å². The SMILES string of the molecule is CCC(CCN)CCC(=O)N(CC)c1ccccc1F. The molecular weight excluding hydrogens is 255 g/mol. The maximum Gasteiger partial charge on any atom is 0.227 e. The van der Waals surface area contributed by atoms with Gasteiger partial charge in [-0.25, -0.2) is 4.39 Å². The van der Waals surface area contributed by atoms with Crippen LogP contribution in [0.4, 0.5) is 10.1 Å². The third kappa shape index (κ3) is 4.60. The molecule has 1 aromatic carbocycles. The largest absolute Gasteiger partial charge is 0.330 e. The number of nitrogens with zero attached hydrogens (tertiary/aromatic N) is 1. The number of carbonyl (C=O) groups is 1. The summed E-state index contributed by atoms with van der Waals surface area (Å²) in [5, 5.41) is 0. The molecule has 0 aliphatic carbocycles. The minimum Gasteiger partial charge on any atom is -0.330 e. The van der Waals surface area contributed by atoms with Crippen LogP contribution in [0.25, 0.3) is 0 Å². The summed E-state index contributed by atoms with van der Waals surface area (Å²) in [4.78, 5) is 13.8. The van der Waals surface area contributed by atoms with E-state index in [2.05, 4.69) is 6.92 Å². The van der Waals surface area contributed by atoms with Crippen LogP contribution >= 0.6 is 0 Å². The van der Waals surface area contributed by atoms with Crippen LogP contribution in [0.1, 0.15) is 39.5 Å². The van der Waals surface area contributed by atoms with Gasteiger partial charge in [0, 0.05) is 13.0 Å². The van der Waals surface area contributed by atoms with Crippen molar-refractivity contribution >= 4 is 11.6 Å². The average molecular weight is 280 g/mol. The molecule has 0 aliphatic rings. The Kier molecular flexibility index (Phi) is 7.23. The molecule has 0 heterocycles. The standard InChI is InChI=1S/C16H25FN2O/c1-3-13(11-12-18)9-10-16(20)19(4-2)15-8-6-5-7-14(15)17/h5-8,13H,3-4,9-12,18H2,1-2H3. The third-order valence-electron chi connectivity index (χ3n) is 3.68. The summed E-state index contributed by atoms with van der Waals surface area (Å²) in [6.07, 6.45) is 3.23. The molecule has 1 unspecified atom stereocenters. The normalized spacial score (nSPS) is 12.2. The highest BCUT2D eigenvalue weighted by molar-refractivity contribution is 5.93. The molecule has 112 valence electrons. The summed E-state index contributed by atoms with van der Waals surface area (Å²) >= 11 is 0. The van der Waals surface area contributed by atoms with E-state index in [9.17, 15) is 9.18 Å². The molecule has 0 bridgehead atoms. The minimum absolute atomic E-state index is 0.0203. The molecule has 0 spiro atoms. The smallest absolute Gasteiger partial charge is 0.227 e. The molecule has 0 saturated heterocycles. The van der Waals surface area contributed by atoms with E-state index >= 15 is 0 Å². The van der Waals surface area contributed by atoms with Gasteiger partial charge in [0.1, 0.15) is 5.82 Å². The average Bonchev–Trinajstić information content (AvgIpc) is 2.46. The molecule has 20 heavy (non-hydrogen) atoms. The van der Waals surface area contributed by atoms with E-state index in [1.54, 1.807) is 18.2 Å². The number of anilines is 1. The number of carbonyl (C=O) groups excluding carboxylic acids is 1. The summed E-state index contributed by atoms with van der Waals surface area (Å²) in [6, 6.07) is 6.41. The van der Waals surface area contributed by atoms with Gasteiger partial charge in [0.25, 0.3) is 0 Å². The maximum absolute atomic E-state index is 13.8. The highest BCUT2D eigenvalue weighted by Crippen LogP contribution is 2.21. The van der Waals surface area contributed by atoms with E-state index in [1.165, 1.54) is 11.0 Å². The summed E-state index contributed by atoms with van der Waals surface area (Å²) in [7, 11) is 0. The lowest BCUT2D eigenvalue weighted by atomic mass is 9.96. The van der Waals surface area contributed by atoms with Crippen molar-refractivity contribution in [1.29, 1.82) is 0 Å².